The van der Waals surface area contributed by atoms with Crippen molar-refractivity contribution in [2.24, 2.45) is 0 Å². The molecule has 0 spiro atoms. The summed E-state index contributed by atoms with van der Waals surface area (Å²) < 4.78 is 50.5. The van der Waals surface area contributed by atoms with Gasteiger partial charge >= 0.3 is 0 Å². The van der Waals surface area contributed by atoms with Gasteiger partial charge in [-0.25, -0.2) is 12.8 Å². The number of rotatable bonds is 6. The lowest BCUT2D eigenvalue weighted by molar-refractivity contribution is 0.0730. The number of Topliss-reactive ketones (excluding diaryl/α,β-unsaturated/α-hetero) is 1. The molecule has 0 N–H and O–H groups in total. The van der Waals surface area contributed by atoms with Gasteiger partial charge in [-0.3, -0.25) is 4.79 Å². The largest absolute Gasteiger partial charge is 0.485 e. The van der Waals surface area contributed by atoms with Crippen LogP contribution >= 0.6 is 0 Å². The van der Waals surface area contributed by atoms with Gasteiger partial charge in [0.15, 0.2) is 6.61 Å². The Morgan fingerprint density at radius 3 is 2.38 bits per heavy atom. The third kappa shape index (κ3) is 4.09. The number of hydrogen-bond donors (Lipinski definition) is 0. The van der Waals surface area contributed by atoms with Crippen LogP contribution in [0, 0.1) is 5.82 Å². The van der Waals surface area contributed by atoms with Crippen LogP contribution in [0.25, 0.3) is 0 Å². The first-order valence-electron chi connectivity index (χ1n) is 8.07. The molecule has 138 valence electrons. The van der Waals surface area contributed by atoms with Crippen molar-refractivity contribution in [1.29, 1.82) is 0 Å². The summed E-state index contributed by atoms with van der Waals surface area (Å²) in [6.07, 6.45) is 0. The number of carbonyl (C=O) groups is 1. The lowest BCUT2D eigenvalue weighted by Crippen LogP contribution is -2.40. The Labute approximate surface area is 151 Å². The van der Waals surface area contributed by atoms with Crippen LogP contribution in [0.2, 0.25) is 0 Å². The quantitative estimate of drug-likeness (QED) is 0.719. The van der Waals surface area contributed by atoms with Gasteiger partial charge < -0.3 is 9.47 Å². The van der Waals surface area contributed by atoms with E-state index in [2.05, 4.69) is 0 Å². The van der Waals surface area contributed by atoms with Crippen molar-refractivity contribution in [2.75, 3.05) is 32.9 Å². The van der Waals surface area contributed by atoms with E-state index in [9.17, 15) is 17.6 Å². The standard InChI is InChI=1S/C18H18FNO5S/c19-17-4-2-1-3-16(17)18(21)13-25-14-5-7-15(8-6-14)26(22,23)20-9-11-24-12-10-20/h1-8H,9-13H2. The maximum atomic E-state index is 13.6. The summed E-state index contributed by atoms with van der Waals surface area (Å²) in [5, 5.41) is 0. The Balaban J connectivity index is 1.64. The number of ketones is 1. The molecule has 6 nitrogen and oxygen atoms in total. The number of ether oxygens (including phenoxy) is 2. The predicted molar refractivity (Wildman–Crippen MR) is 92.2 cm³/mol. The molecule has 1 fully saturated rings. The monoisotopic (exact) mass is 379 g/mol. The Morgan fingerprint density at radius 2 is 1.73 bits per heavy atom. The van der Waals surface area contributed by atoms with Gasteiger partial charge in [-0.1, -0.05) is 12.1 Å². The van der Waals surface area contributed by atoms with Gasteiger partial charge in [0.25, 0.3) is 0 Å². The molecule has 8 heteroatoms. The second-order valence-corrected chi connectivity index (χ2v) is 7.62. The second kappa shape index (κ2) is 7.94. The lowest BCUT2D eigenvalue weighted by atomic mass is 10.1. The SMILES string of the molecule is O=C(COc1ccc(S(=O)(=O)N2CCOCC2)cc1)c1ccccc1F. The lowest BCUT2D eigenvalue weighted by Gasteiger charge is -2.26. The van der Waals surface area contributed by atoms with Crippen molar-refractivity contribution < 1.29 is 27.1 Å². The minimum atomic E-state index is -3.58. The molecule has 0 bridgehead atoms. The highest BCUT2D eigenvalue weighted by Gasteiger charge is 2.26. The van der Waals surface area contributed by atoms with Crippen molar-refractivity contribution in [3.63, 3.8) is 0 Å². The number of hydrogen-bond acceptors (Lipinski definition) is 5. The topological polar surface area (TPSA) is 72.9 Å². The van der Waals surface area contributed by atoms with Crippen LogP contribution in [0.3, 0.4) is 0 Å². The maximum Gasteiger partial charge on any atom is 0.243 e. The predicted octanol–water partition coefficient (Wildman–Crippen LogP) is 2.11. The molecule has 0 aromatic heterocycles. The molecule has 3 rings (SSSR count). The molecule has 2 aromatic rings. The first-order valence-corrected chi connectivity index (χ1v) is 9.51. The molecule has 1 aliphatic heterocycles. The summed E-state index contributed by atoms with van der Waals surface area (Å²) in [7, 11) is -3.58. The van der Waals surface area contributed by atoms with E-state index in [0.717, 1.165) is 0 Å². The maximum absolute atomic E-state index is 13.6. The first kappa shape index (κ1) is 18.5. The zero-order chi connectivity index (χ0) is 18.6. The van der Waals surface area contributed by atoms with Gasteiger partial charge in [0.2, 0.25) is 15.8 Å². The minimum absolute atomic E-state index is 0.0426. The van der Waals surface area contributed by atoms with Crippen LogP contribution in [0.15, 0.2) is 53.4 Å². The zero-order valence-electron chi connectivity index (χ0n) is 13.9. The van der Waals surface area contributed by atoms with E-state index < -0.39 is 21.6 Å². The smallest absolute Gasteiger partial charge is 0.243 e. The van der Waals surface area contributed by atoms with Gasteiger partial charge in [-0.2, -0.15) is 4.31 Å². The highest BCUT2D eigenvalue weighted by molar-refractivity contribution is 7.89. The first-order chi connectivity index (χ1) is 12.5. The Morgan fingerprint density at radius 1 is 1.08 bits per heavy atom. The summed E-state index contributed by atoms with van der Waals surface area (Å²) >= 11 is 0. The van der Waals surface area contributed by atoms with Crippen LogP contribution in [-0.4, -0.2) is 51.4 Å². The molecule has 0 unspecified atom stereocenters. The van der Waals surface area contributed by atoms with E-state index in [1.54, 1.807) is 6.07 Å². The van der Waals surface area contributed by atoms with Gasteiger partial charge in [-0.05, 0) is 36.4 Å². The number of carbonyl (C=O) groups excluding carboxylic acids is 1. The fraction of sp³-hybridized carbons (Fsp3) is 0.278. The third-order valence-corrected chi connectivity index (χ3v) is 5.89. The molecular formula is C18H18FNO5S. The highest BCUT2D eigenvalue weighted by Crippen LogP contribution is 2.20. The van der Waals surface area contributed by atoms with Gasteiger partial charge in [0.05, 0.1) is 23.7 Å². The van der Waals surface area contributed by atoms with Gasteiger partial charge in [-0.15, -0.1) is 0 Å². The minimum Gasteiger partial charge on any atom is -0.485 e. The van der Waals surface area contributed by atoms with Crippen molar-refractivity contribution in [3.8, 4) is 5.75 Å². The van der Waals surface area contributed by atoms with Crippen LogP contribution in [-0.2, 0) is 14.8 Å². The molecule has 26 heavy (non-hydrogen) atoms. The van der Waals surface area contributed by atoms with Crippen LogP contribution < -0.4 is 4.74 Å². The van der Waals surface area contributed by atoms with Crippen molar-refractivity contribution in [1.82, 2.24) is 4.31 Å². The molecule has 1 heterocycles. The van der Waals surface area contributed by atoms with Crippen LogP contribution in [0.5, 0.6) is 5.75 Å². The van der Waals surface area contributed by atoms with Crippen LogP contribution in [0.1, 0.15) is 10.4 Å². The van der Waals surface area contributed by atoms with E-state index in [0.29, 0.717) is 32.1 Å². The summed E-state index contributed by atoms with van der Waals surface area (Å²) in [6.45, 7) is 1.04. The van der Waals surface area contributed by atoms with E-state index in [-0.39, 0.29) is 17.1 Å². The van der Waals surface area contributed by atoms with E-state index in [1.807, 2.05) is 0 Å². The fourth-order valence-corrected chi connectivity index (χ4v) is 3.97. The number of halogens is 1. The van der Waals surface area contributed by atoms with E-state index in [1.165, 1.54) is 46.8 Å². The fourth-order valence-electron chi connectivity index (χ4n) is 2.56. The van der Waals surface area contributed by atoms with Crippen LogP contribution in [0.4, 0.5) is 4.39 Å². The Hall–Kier alpha value is -2.29. The highest BCUT2D eigenvalue weighted by atomic mass is 32.2. The third-order valence-electron chi connectivity index (χ3n) is 3.98. The molecule has 2 aromatic carbocycles. The molecule has 1 saturated heterocycles. The summed E-state index contributed by atoms with van der Waals surface area (Å²) in [5.74, 6) is -0.767. The zero-order valence-corrected chi connectivity index (χ0v) is 14.7. The van der Waals surface area contributed by atoms with Gasteiger partial charge in [0.1, 0.15) is 11.6 Å². The average Bonchev–Trinajstić information content (AvgIpc) is 2.67. The molecular weight excluding hydrogens is 361 g/mol. The molecule has 0 radical (unpaired) electrons. The van der Waals surface area contributed by atoms with Gasteiger partial charge in [0, 0.05) is 13.1 Å². The number of morpholine rings is 1. The Bertz CT molecular complexity index is 877. The van der Waals surface area contributed by atoms with Crippen molar-refractivity contribution in [2.45, 2.75) is 4.90 Å². The average molecular weight is 379 g/mol. The Kier molecular flexibility index (Phi) is 5.65. The normalized spacial score (nSPS) is 15.6. The van der Waals surface area contributed by atoms with Crippen molar-refractivity contribution in [3.05, 3.63) is 59.9 Å². The molecule has 0 saturated carbocycles. The summed E-state index contributed by atoms with van der Waals surface area (Å²) in [5.41, 5.74) is -0.0426. The number of sulfonamides is 1. The second-order valence-electron chi connectivity index (χ2n) is 5.68. The number of benzene rings is 2. The summed E-state index contributed by atoms with van der Waals surface area (Å²) in [6, 6.07) is 11.5. The number of nitrogens with zero attached hydrogens (tertiary/aromatic N) is 1. The van der Waals surface area contributed by atoms with Crippen molar-refractivity contribution >= 4 is 15.8 Å². The molecule has 0 atom stereocenters. The molecule has 1 aliphatic rings. The summed E-state index contributed by atoms with van der Waals surface area (Å²) in [4.78, 5) is 12.1. The van der Waals surface area contributed by atoms with E-state index >= 15 is 0 Å². The van der Waals surface area contributed by atoms with E-state index in [4.69, 9.17) is 9.47 Å². The molecule has 0 amide bonds. The molecule has 0 aliphatic carbocycles.